The van der Waals surface area contributed by atoms with Gasteiger partial charge in [-0.3, -0.25) is 4.90 Å². The fraction of sp³-hybridized carbons (Fsp3) is 0.316. The van der Waals surface area contributed by atoms with Gasteiger partial charge in [-0.15, -0.1) is 0 Å². The summed E-state index contributed by atoms with van der Waals surface area (Å²) in [5, 5.41) is 9.16. The number of sulfonamides is 1. The van der Waals surface area contributed by atoms with Gasteiger partial charge in [0.05, 0.1) is 10.5 Å². The highest BCUT2D eigenvalue weighted by Crippen LogP contribution is 2.21. The van der Waals surface area contributed by atoms with Crippen molar-refractivity contribution in [1.82, 2.24) is 9.21 Å². The lowest BCUT2D eigenvalue weighted by molar-refractivity contribution is 0.181. The van der Waals surface area contributed by atoms with Gasteiger partial charge in [-0.2, -0.15) is 9.57 Å². The highest BCUT2D eigenvalue weighted by atomic mass is 32.2. The molecule has 0 aromatic heterocycles. The van der Waals surface area contributed by atoms with Gasteiger partial charge >= 0.3 is 0 Å². The molecular weight excluding hydrogens is 334 g/mol. The van der Waals surface area contributed by atoms with Crippen LogP contribution in [0.4, 0.5) is 0 Å². The average molecular weight is 355 g/mol. The van der Waals surface area contributed by atoms with Crippen LogP contribution in [-0.2, 0) is 16.6 Å². The van der Waals surface area contributed by atoms with Crippen molar-refractivity contribution < 1.29 is 8.42 Å². The van der Waals surface area contributed by atoms with Gasteiger partial charge in [-0.1, -0.05) is 42.0 Å². The summed E-state index contributed by atoms with van der Waals surface area (Å²) in [6.45, 7) is 5.13. The summed E-state index contributed by atoms with van der Waals surface area (Å²) in [5.74, 6) is 0. The second kappa shape index (κ2) is 7.36. The molecule has 1 heterocycles. The van der Waals surface area contributed by atoms with Crippen molar-refractivity contribution in [2.45, 2.75) is 18.4 Å². The van der Waals surface area contributed by atoms with E-state index >= 15 is 0 Å². The third-order valence-corrected chi connectivity index (χ3v) is 6.44. The minimum absolute atomic E-state index is 0.101. The molecule has 0 radical (unpaired) electrons. The van der Waals surface area contributed by atoms with E-state index in [1.165, 1.54) is 21.5 Å². The van der Waals surface area contributed by atoms with Gasteiger partial charge in [0.25, 0.3) is 0 Å². The van der Waals surface area contributed by atoms with Gasteiger partial charge in [0.2, 0.25) is 10.0 Å². The van der Waals surface area contributed by atoms with Crippen molar-refractivity contribution in [3.8, 4) is 6.07 Å². The third kappa shape index (κ3) is 3.90. The fourth-order valence-electron chi connectivity index (χ4n) is 3.00. The molecule has 2 aromatic rings. The molecule has 3 rings (SSSR count). The molecule has 2 aromatic carbocycles. The molecule has 0 amide bonds. The highest BCUT2D eigenvalue weighted by molar-refractivity contribution is 7.89. The van der Waals surface area contributed by atoms with Crippen LogP contribution < -0.4 is 0 Å². The van der Waals surface area contributed by atoms with Crippen molar-refractivity contribution in [2.24, 2.45) is 0 Å². The predicted molar refractivity (Wildman–Crippen MR) is 96.4 cm³/mol. The lowest BCUT2D eigenvalue weighted by Crippen LogP contribution is -2.48. The van der Waals surface area contributed by atoms with E-state index in [4.69, 9.17) is 5.26 Å². The van der Waals surface area contributed by atoms with Crippen molar-refractivity contribution in [3.63, 3.8) is 0 Å². The first-order valence-electron chi connectivity index (χ1n) is 8.28. The molecule has 0 atom stereocenters. The van der Waals surface area contributed by atoms with Crippen LogP contribution in [0.3, 0.4) is 0 Å². The number of hydrogen-bond acceptors (Lipinski definition) is 4. The van der Waals surface area contributed by atoms with Crippen LogP contribution in [-0.4, -0.2) is 43.8 Å². The molecule has 0 spiro atoms. The van der Waals surface area contributed by atoms with Crippen molar-refractivity contribution in [3.05, 3.63) is 65.2 Å². The number of rotatable bonds is 4. The lowest BCUT2D eigenvalue weighted by Gasteiger charge is -2.34. The number of nitrogens with zero attached hydrogens (tertiary/aromatic N) is 3. The quantitative estimate of drug-likeness (QED) is 0.845. The fourth-order valence-corrected chi connectivity index (χ4v) is 4.57. The van der Waals surface area contributed by atoms with Crippen LogP contribution in [0.25, 0.3) is 0 Å². The Kier molecular flexibility index (Phi) is 5.19. The maximum absolute atomic E-state index is 12.8. The van der Waals surface area contributed by atoms with E-state index in [0.717, 1.165) is 6.54 Å². The maximum atomic E-state index is 12.8. The molecule has 5 nitrogen and oxygen atoms in total. The van der Waals surface area contributed by atoms with Crippen molar-refractivity contribution in [2.75, 3.05) is 26.2 Å². The van der Waals surface area contributed by atoms with E-state index in [1.807, 2.05) is 6.07 Å². The van der Waals surface area contributed by atoms with E-state index in [2.05, 4.69) is 36.1 Å². The average Bonchev–Trinajstić information content (AvgIpc) is 2.64. The Hall–Kier alpha value is -2.20. The first-order valence-corrected chi connectivity index (χ1v) is 9.72. The summed E-state index contributed by atoms with van der Waals surface area (Å²) >= 11 is 0. The van der Waals surface area contributed by atoms with Gasteiger partial charge in [0.1, 0.15) is 6.07 Å². The summed E-state index contributed by atoms with van der Waals surface area (Å²) in [6, 6.07) is 16.8. The first kappa shape index (κ1) is 17.6. The number of benzene rings is 2. The normalized spacial score (nSPS) is 16.5. The Balaban J connectivity index is 1.67. The van der Waals surface area contributed by atoms with Gasteiger partial charge in [0.15, 0.2) is 0 Å². The van der Waals surface area contributed by atoms with Gasteiger partial charge in [-0.05, 0) is 24.6 Å². The van der Waals surface area contributed by atoms with E-state index in [9.17, 15) is 8.42 Å². The van der Waals surface area contributed by atoms with Crippen LogP contribution >= 0.6 is 0 Å². The SMILES string of the molecule is Cc1ccc(CN2CCN(S(=O)(=O)c3ccccc3C#N)CC2)cc1. The van der Waals surface area contributed by atoms with Gasteiger partial charge < -0.3 is 0 Å². The molecule has 1 aliphatic rings. The molecule has 0 bridgehead atoms. The highest BCUT2D eigenvalue weighted by Gasteiger charge is 2.30. The Bertz CT molecular complexity index is 878. The second-order valence-electron chi connectivity index (χ2n) is 6.27. The van der Waals surface area contributed by atoms with Crippen molar-refractivity contribution in [1.29, 1.82) is 5.26 Å². The van der Waals surface area contributed by atoms with E-state index in [1.54, 1.807) is 18.2 Å². The summed E-state index contributed by atoms with van der Waals surface area (Å²) in [4.78, 5) is 2.36. The zero-order valence-corrected chi connectivity index (χ0v) is 15.0. The van der Waals surface area contributed by atoms with Crippen LogP contribution in [0.2, 0.25) is 0 Å². The van der Waals surface area contributed by atoms with Crippen molar-refractivity contribution >= 4 is 10.0 Å². The summed E-state index contributed by atoms with van der Waals surface area (Å²) in [6.07, 6.45) is 0. The molecule has 6 heteroatoms. The monoisotopic (exact) mass is 355 g/mol. The molecule has 0 N–H and O–H groups in total. The van der Waals surface area contributed by atoms with Crippen LogP contribution in [0.5, 0.6) is 0 Å². The second-order valence-corrected chi connectivity index (χ2v) is 8.18. The summed E-state index contributed by atoms with van der Waals surface area (Å²) in [7, 11) is -3.62. The minimum Gasteiger partial charge on any atom is -0.296 e. The number of aryl methyl sites for hydroxylation is 1. The van der Waals surface area contributed by atoms with E-state index in [0.29, 0.717) is 26.2 Å². The third-order valence-electron chi connectivity index (χ3n) is 4.48. The molecule has 25 heavy (non-hydrogen) atoms. The Morgan fingerprint density at radius 2 is 1.64 bits per heavy atom. The zero-order chi connectivity index (χ0) is 17.9. The van der Waals surface area contributed by atoms with Gasteiger partial charge in [0, 0.05) is 32.7 Å². The minimum atomic E-state index is -3.62. The summed E-state index contributed by atoms with van der Waals surface area (Å²) in [5.41, 5.74) is 2.66. The van der Waals surface area contributed by atoms with Crippen LogP contribution in [0, 0.1) is 18.3 Å². The molecule has 1 aliphatic heterocycles. The predicted octanol–water partition coefficient (Wildman–Crippen LogP) is 2.37. The van der Waals surface area contributed by atoms with Gasteiger partial charge in [-0.25, -0.2) is 8.42 Å². The Morgan fingerprint density at radius 3 is 2.28 bits per heavy atom. The van der Waals surface area contributed by atoms with E-state index < -0.39 is 10.0 Å². The largest absolute Gasteiger partial charge is 0.296 e. The van der Waals surface area contributed by atoms with Crippen LogP contribution in [0.15, 0.2) is 53.4 Å². The molecule has 1 saturated heterocycles. The summed E-state index contributed by atoms with van der Waals surface area (Å²) < 4.78 is 27.1. The standard InChI is InChI=1S/C19H21N3O2S/c1-16-6-8-17(9-7-16)15-21-10-12-22(13-11-21)25(23,24)19-5-3-2-4-18(19)14-20/h2-9H,10-13,15H2,1H3. The number of nitriles is 1. The lowest BCUT2D eigenvalue weighted by atomic mass is 10.1. The maximum Gasteiger partial charge on any atom is 0.244 e. The molecule has 130 valence electrons. The Labute approximate surface area is 149 Å². The number of hydrogen-bond donors (Lipinski definition) is 0. The molecule has 1 fully saturated rings. The zero-order valence-electron chi connectivity index (χ0n) is 14.2. The van der Waals surface area contributed by atoms with E-state index in [-0.39, 0.29) is 10.5 Å². The molecule has 0 aliphatic carbocycles. The first-order chi connectivity index (χ1) is 12.0. The molecule has 0 unspecified atom stereocenters. The molecule has 0 saturated carbocycles. The van der Waals surface area contributed by atoms with Crippen LogP contribution in [0.1, 0.15) is 16.7 Å². The Morgan fingerprint density at radius 1 is 1.00 bits per heavy atom. The molecular formula is C19H21N3O2S. The topological polar surface area (TPSA) is 64.4 Å². The number of piperazine rings is 1. The smallest absolute Gasteiger partial charge is 0.244 e.